The normalized spacial score (nSPS) is 21.8. The standard InChI is InChI=1S/C12H19BN2O2/c1-11(2)12(3,4)17-13(16-11)8-5-9(14)7-10(15)6-8/h5-7H,14-15H2,1-4H3. The predicted molar refractivity (Wildman–Crippen MR) is 71.0 cm³/mol. The average Bonchev–Trinajstić information content (AvgIpc) is 2.34. The number of hydrogen-bond acceptors (Lipinski definition) is 4. The van der Waals surface area contributed by atoms with E-state index in [2.05, 4.69) is 0 Å². The molecule has 1 heterocycles. The second-order valence-electron chi connectivity index (χ2n) is 5.52. The zero-order valence-corrected chi connectivity index (χ0v) is 10.8. The highest BCUT2D eigenvalue weighted by Gasteiger charge is 2.51. The minimum absolute atomic E-state index is 0.350. The van der Waals surface area contributed by atoms with E-state index >= 15 is 0 Å². The summed E-state index contributed by atoms with van der Waals surface area (Å²) in [6.45, 7) is 8.07. The summed E-state index contributed by atoms with van der Waals surface area (Å²) in [6.07, 6.45) is 0. The number of nitrogen functional groups attached to an aromatic ring is 2. The molecule has 1 aliphatic heterocycles. The van der Waals surface area contributed by atoms with E-state index in [1.54, 1.807) is 6.07 Å². The van der Waals surface area contributed by atoms with E-state index in [4.69, 9.17) is 20.8 Å². The molecule has 0 saturated carbocycles. The van der Waals surface area contributed by atoms with Gasteiger partial charge in [-0.15, -0.1) is 0 Å². The van der Waals surface area contributed by atoms with Gasteiger partial charge in [0.2, 0.25) is 0 Å². The van der Waals surface area contributed by atoms with Crippen molar-refractivity contribution in [2.75, 3.05) is 11.5 Å². The molecule has 0 unspecified atom stereocenters. The minimum atomic E-state index is -0.411. The SMILES string of the molecule is CC1(C)OB(c2cc(N)cc(N)c2)OC1(C)C. The smallest absolute Gasteiger partial charge is 0.399 e. The van der Waals surface area contributed by atoms with Crippen LogP contribution in [-0.4, -0.2) is 18.3 Å². The lowest BCUT2D eigenvalue weighted by Crippen LogP contribution is -2.41. The maximum Gasteiger partial charge on any atom is 0.494 e. The summed E-state index contributed by atoms with van der Waals surface area (Å²) in [7, 11) is -0.411. The molecular weight excluding hydrogens is 215 g/mol. The maximum absolute atomic E-state index is 5.93. The molecule has 1 fully saturated rings. The van der Waals surface area contributed by atoms with E-state index in [0.717, 1.165) is 5.46 Å². The second-order valence-corrected chi connectivity index (χ2v) is 5.52. The van der Waals surface area contributed by atoms with E-state index in [9.17, 15) is 0 Å². The molecule has 1 aromatic carbocycles. The van der Waals surface area contributed by atoms with Gasteiger partial charge < -0.3 is 20.8 Å². The van der Waals surface area contributed by atoms with E-state index in [1.807, 2.05) is 39.8 Å². The fraction of sp³-hybridized carbons (Fsp3) is 0.500. The highest BCUT2D eigenvalue weighted by atomic mass is 16.7. The molecule has 17 heavy (non-hydrogen) atoms. The van der Waals surface area contributed by atoms with Crippen LogP contribution in [0.2, 0.25) is 0 Å². The first-order chi connectivity index (χ1) is 7.71. The van der Waals surface area contributed by atoms with E-state index in [-0.39, 0.29) is 11.2 Å². The summed E-state index contributed by atoms with van der Waals surface area (Å²) < 4.78 is 11.9. The van der Waals surface area contributed by atoms with Crippen LogP contribution in [0.3, 0.4) is 0 Å². The van der Waals surface area contributed by atoms with Gasteiger partial charge in [-0.05, 0) is 51.4 Å². The Balaban J connectivity index is 2.32. The molecule has 0 radical (unpaired) electrons. The van der Waals surface area contributed by atoms with E-state index in [1.165, 1.54) is 0 Å². The molecule has 92 valence electrons. The molecule has 0 amide bonds. The summed E-state index contributed by atoms with van der Waals surface area (Å²) in [5.41, 5.74) is 12.9. The lowest BCUT2D eigenvalue weighted by molar-refractivity contribution is 0.00578. The van der Waals surface area contributed by atoms with Crippen LogP contribution in [0.1, 0.15) is 27.7 Å². The van der Waals surface area contributed by atoms with Crippen molar-refractivity contribution in [1.29, 1.82) is 0 Å². The summed E-state index contributed by atoms with van der Waals surface area (Å²) in [5.74, 6) is 0. The Labute approximate surface area is 102 Å². The van der Waals surface area contributed by atoms with Crippen molar-refractivity contribution in [1.82, 2.24) is 0 Å². The predicted octanol–water partition coefficient (Wildman–Crippen LogP) is 1.15. The van der Waals surface area contributed by atoms with Crippen LogP contribution in [0.15, 0.2) is 18.2 Å². The summed E-state index contributed by atoms with van der Waals surface area (Å²) in [4.78, 5) is 0. The minimum Gasteiger partial charge on any atom is -0.399 e. The Morgan fingerprint density at radius 1 is 0.882 bits per heavy atom. The van der Waals surface area contributed by atoms with Crippen LogP contribution >= 0.6 is 0 Å². The summed E-state index contributed by atoms with van der Waals surface area (Å²) >= 11 is 0. The lowest BCUT2D eigenvalue weighted by Gasteiger charge is -2.32. The van der Waals surface area contributed by atoms with Gasteiger partial charge in [-0.3, -0.25) is 0 Å². The topological polar surface area (TPSA) is 70.5 Å². The number of benzene rings is 1. The Bertz CT molecular complexity index is 410. The zero-order valence-electron chi connectivity index (χ0n) is 10.8. The van der Waals surface area contributed by atoms with Crippen molar-refractivity contribution >= 4 is 24.0 Å². The quantitative estimate of drug-likeness (QED) is 0.564. The highest BCUT2D eigenvalue weighted by Crippen LogP contribution is 2.36. The third kappa shape index (κ3) is 2.12. The molecule has 1 saturated heterocycles. The van der Waals surface area contributed by atoms with Crippen molar-refractivity contribution in [2.45, 2.75) is 38.9 Å². The van der Waals surface area contributed by atoms with Gasteiger partial charge in [0.1, 0.15) is 0 Å². The van der Waals surface area contributed by atoms with Gasteiger partial charge in [0.15, 0.2) is 0 Å². The Morgan fingerprint density at radius 2 is 1.29 bits per heavy atom. The third-order valence-corrected chi connectivity index (χ3v) is 3.53. The monoisotopic (exact) mass is 234 g/mol. The van der Waals surface area contributed by atoms with Crippen molar-refractivity contribution in [3.63, 3.8) is 0 Å². The fourth-order valence-corrected chi connectivity index (χ4v) is 1.82. The molecule has 5 heteroatoms. The molecular formula is C12H19BN2O2. The lowest BCUT2D eigenvalue weighted by atomic mass is 9.78. The van der Waals surface area contributed by atoms with Crippen LogP contribution < -0.4 is 16.9 Å². The van der Waals surface area contributed by atoms with Crippen LogP contribution in [0, 0.1) is 0 Å². The molecule has 1 aliphatic rings. The molecule has 0 atom stereocenters. The van der Waals surface area contributed by atoms with Gasteiger partial charge in [-0.2, -0.15) is 0 Å². The second kappa shape index (κ2) is 3.65. The van der Waals surface area contributed by atoms with Gasteiger partial charge in [-0.1, -0.05) is 0 Å². The Kier molecular flexibility index (Phi) is 2.63. The first kappa shape index (κ1) is 12.3. The molecule has 2 rings (SSSR count). The average molecular weight is 234 g/mol. The number of rotatable bonds is 1. The Morgan fingerprint density at radius 3 is 1.71 bits per heavy atom. The molecule has 1 aromatic rings. The van der Waals surface area contributed by atoms with Gasteiger partial charge in [-0.25, -0.2) is 0 Å². The van der Waals surface area contributed by atoms with Crippen molar-refractivity contribution < 1.29 is 9.31 Å². The van der Waals surface area contributed by atoms with Gasteiger partial charge >= 0.3 is 7.12 Å². The Hall–Kier alpha value is -1.20. The summed E-state index contributed by atoms with van der Waals surface area (Å²) in [6, 6.07) is 5.38. The zero-order chi connectivity index (χ0) is 12.8. The van der Waals surface area contributed by atoms with Gasteiger partial charge in [0, 0.05) is 11.4 Å². The molecule has 0 aromatic heterocycles. The molecule has 0 aliphatic carbocycles. The summed E-state index contributed by atoms with van der Waals surface area (Å²) in [5, 5.41) is 0. The number of nitrogens with two attached hydrogens (primary N) is 2. The number of hydrogen-bond donors (Lipinski definition) is 2. The van der Waals surface area contributed by atoms with Crippen LogP contribution in [0.4, 0.5) is 11.4 Å². The molecule has 4 N–H and O–H groups in total. The van der Waals surface area contributed by atoms with Crippen LogP contribution in [0.5, 0.6) is 0 Å². The molecule has 4 nitrogen and oxygen atoms in total. The van der Waals surface area contributed by atoms with Crippen LogP contribution in [-0.2, 0) is 9.31 Å². The molecule has 0 spiro atoms. The third-order valence-electron chi connectivity index (χ3n) is 3.53. The first-order valence-electron chi connectivity index (χ1n) is 5.73. The van der Waals surface area contributed by atoms with Crippen LogP contribution in [0.25, 0.3) is 0 Å². The van der Waals surface area contributed by atoms with Crippen molar-refractivity contribution in [3.8, 4) is 0 Å². The maximum atomic E-state index is 5.93. The van der Waals surface area contributed by atoms with E-state index in [0.29, 0.717) is 11.4 Å². The highest BCUT2D eigenvalue weighted by molar-refractivity contribution is 6.62. The largest absolute Gasteiger partial charge is 0.494 e. The van der Waals surface area contributed by atoms with Crippen molar-refractivity contribution in [3.05, 3.63) is 18.2 Å². The van der Waals surface area contributed by atoms with Gasteiger partial charge in [0.05, 0.1) is 11.2 Å². The van der Waals surface area contributed by atoms with Crippen molar-refractivity contribution in [2.24, 2.45) is 0 Å². The first-order valence-corrected chi connectivity index (χ1v) is 5.73. The number of anilines is 2. The fourth-order valence-electron chi connectivity index (χ4n) is 1.82. The van der Waals surface area contributed by atoms with E-state index < -0.39 is 7.12 Å². The molecule has 0 bridgehead atoms. The van der Waals surface area contributed by atoms with Gasteiger partial charge in [0.25, 0.3) is 0 Å².